The molecule has 6 N–H and O–H groups in total. The zero-order valence-electron chi connectivity index (χ0n) is 8.93. The first-order valence-electron chi connectivity index (χ1n) is 4.98. The molecule has 0 radical (unpaired) electrons. The molecule has 1 unspecified atom stereocenters. The van der Waals surface area contributed by atoms with Crippen LogP contribution in [0.5, 0.6) is 0 Å². The average molecular weight is 234 g/mol. The van der Waals surface area contributed by atoms with E-state index in [0.717, 1.165) is 0 Å². The molecule has 0 aliphatic heterocycles. The summed E-state index contributed by atoms with van der Waals surface area (Å²) in [6, 6.07) is -1.20. The first kappa shape index (κ1) is 14.8. The highest BCUT2D eigenvalue weighted by atomic mass is 16.4. The van der Waals surface area contributed by atoms with Gasteiger partial charge < -0.3 is 26.4 Å². The lowest BCUT2D eigenvalue weighted by Gasteiger charge is -2.12. The number of rotatable bonds is 8. The van der Waals surface area contributed by atoms with Gasteiger partial charge in [-0.15, -0.1) is 0 Å². The van der Waals surface area contributed by atoms with Gasteiger partial charge in [0.2, 0.25) is 5.91 Å². The van der Waals surface area contributed by atoms with Crippen LogP contribution in [0.15, 0.2) is 0 Å². The minimum atomic E-state index is -1.22. The van der Waals surface area contributed by atoms with E-state index >= 15 is 0 Å². The van der Waals surface area contributed by atoms with Gasteiger partial charge in [-0.1, -0.05) is 0 Å². The number of carbonyl (C=O) groups is 2. The van der Waals surface area contributed by atoms with Gasteiger partial charge in [-0.25, -0.2) is 0 Å². The monoisotopic (exact) mass is 234 g/mol. The van der Waals surface area contributed by atoms with Crippen molar-refractivity contribution >= 4 is 11.9 Å². The number of aliphatic hydroxyl groups excluding tert-OH is 2. The summed E-state index contributed by atoms with van der Waals surface area (Å²) in [6.07, 6.45) is 0.152. The first-order valence-corrected chi connectivity index (χ1v) is 4.98. The van der Waals surface area contributed by atoms with Gasteiger partial charge in [0, 0.05) is 25.7 Å². The van der Waals surface area contributed by atoms with Crippen LogP contribution in [0.3, 0.4) is 0 Å². The highest BCUT2D eigenvalue weighted by Gasteiger charge is 2.16. The van der Waals surface area contributed by atoms with Gasteiger partial charge in [0.1, 0.15) is 6.04 Å². The molecule has 1 atom stereocenters. The average Bonchev–Trinajstić information content (AvgIpc) is 2.24. The van der Waals surface area contributed by atoms with E-state index in [4.69, 9.17) is 21.1 Å². The molecule has 0 fully saturated rings. The molecule has 0 aromatic rings. The third kappa shape index (κ3) is 6.33. The zero-order chi connectivity index (χ0) is 12.6. The van der Waals surface area contributed by atoms with Gasteiger partial charge in [-0.05, 0) is 6.42 Å². The SMILES string of the molecule is NC(CC(=O)NCCC(CO)CO)C(=O)O. The lowest BCUT2D eigenvalue weighted by atomic mass is 10.1. The molecule has 7 heteroatoms. The number of carboxylic acid groups (broad SMARTS) is 1. The quantitative estimate of drug-likeness (QED) is 0.326. The maximum atomic E-state index is 11.1. The Morgan fingerprint density at radius 2 is 1.81 bits per heavy atom. The number of carbonyl (C=O) groups excluding carboxylic acids is 1. The number of carboxylic acids is 1. The Morgan fingerprint density at radius 1 is 1.25 bits per heavy atom. The van der Waals surface area contributed by atoms with Gasteiger partial charge in [0.25, 0.3) is 0 Å². The van der Waals surface area contributed by atoms with Crippen molar-refractivity contribution in [3.8, 4) is 0 Å². The maximum absolute atomic E-state index is 11.1. The number of hydrogen-bond acceptors (Lipinski definition) is 5. The van der Waals surface area contributed by atoms with E-state index in [2.05, 4.69) is 5.32 Å². The van der Waals surface area contributed by atoms with E-state index in [1.54, 1.807) is 0 Å². The number of aliphatic carboxylic acids is 1. The molecule has 16 heavy (non-hydrogen) atoms. The lowest BCUT2D eigenvalue weighted by molar-refractivity contribution is -0.140. The van der Waals surface area contributed by atoms with E-state index in [1.807, 2.05) is 0 Å². The van der Waals surface area contributed by atoms with Crippen LogP contribution in [0.25, 0.3) is 0 Å². The summed E-state index contributed by atoms with van der Waals surface area (Å²) < 4.78 is 0. The molecule has 94 valence electrons. The summed E-state index contributed by atoms with van der Waals surface area (Å²) in [5.74, 6) is -1.95. The Bertz CT molecular complexity index is 230. The molecule has 0 saturated carbocycles. The summed E-state index contributed by atoms with van der Waals surface area (Å²) in [4.78, 5) is 21.5. The number of hydrogen-bond donors (Lipinski definition) is 5. The Balaban J connectivity index is 3.69. The van der Waals surface area contributed by atoms with Crippen LogP contribution in [-0.4, -0.2) is 53.0 Å². The van der Waals surface area contributed by atoms with Gasteiger partial charge in [-0.2, -0.15) is 0 Å². The smallest absolute Gasteiger partial charge is 0.321 e. The fourth-order valence-electron chi connectivity index (χ4n) is 1.02. The summed E-state index contributed by atoms with van der Waals surface area (Å²) in [7, 11) is 0. The molecular formula is C9H18N2O5. The molecule has 1 amide bonds. The number of nitrogens with one attached hydrogen (secondary N) is 1. The van der Waals surface area contributed by atoms with Crippen LogP contribution in [-0.2, 0) is 9.59 Å². The van der Waals surface area contributed by atoms with Gasteiger partial charge in [-0.3, -0.25) is 9.59 Å². The van der Waals surface area contributed by atoms with Crippen molar-refractivity contribution in [3.63, 3.8) is 0 Å². The van der Waals surface area contributed by atoms with Crippen molar-refractivity contribution in [1.82, 2.24) is 5.32 Å². The molecule has 0 saturated heterocycles. The van der Waals surface area contributed by atoms with E-state index in [-0.39, 0.29) is 32.1 Å². The molecule has 0 heterocycles. The Morgan fingerprint density at radius 3 is 2.25 bits per heavy atom. The summed E-state index contributed by atoms with van der Waals surface area (Å²) >= 11 is 0. The largest absolute Gasteiger partial charge is 0.480 e. The number of aliphatic hydroxyl groups is 2. The van der Waals surface area contributed by atoms with Crippen molar-refractivity contribution in [2.45, 2.75) is 18.9 Å². The van der Waals surface area contributed by atoms with Gasteiger partial charge in [0.15, 0.2) is 0 Å². The van der Waals surface area contributed by atoms with E-state index in [0.29, 0.717) is 6.42 Å². The highest BCUT2D eigenvalue weighted by molar-refractivity contribution is 5.84. The fraction of sp³-hybridized carbons (Fsp3) is 0.778. The number of nitrogens with two attached hydrogens (primary N) is 1. The molecule has 0 rings (SSSR count). The third-order valence-electron chi connectivity index (χ3n) is 2.11. The topological polar surface area (TPSA) is 133 Å². The second-order valence-corrected chi connectivity index (χ2v) is 3.52. The van der Waals surface area contributed by atoms with E-state index < -0.39 is 17.9 Å². The predicted octanol–water partition coefficient (Wildman–Crippen LogP) is -2.10. The summed E-state index contributed by atoms with van der Waals surface area (Å²) in [5, 5.41) is 28.4. The molecule has 0 bridgehead atoms. The van der Waals surface area contributed by atoms with E-state index in [1.165, 1.54) is 0 Å². The normalized spacial score (nSPS) is 12.5. The Kier molecular flexibility index (Phi) is 7.44. The van der Waals surface area contributed by atoms with E-state index in [9.17, 15) is 9.59 Å². The molecule has 0 spiro atoms. The van der Waals surface area contributed by atoms with Gasteiger partial charge >= 0.3 is 5.97 Å². The molecule has 0 aliphatic carbocycles. The van der Waals surface area contributed by atoms with Crippen LogP contribution in [0.1, 0.15) is 12.8 Å². The first-order chi connectivity index (χ1) is 7.51. The van der Waals surface area contributed by atoms with Crippen molar-refractivity contribution < 1.29 is 24.9 Å². The molecule has 0 aromatic heterocycles. The van der Waals surface area contributed by atoms with Gasteiger partial charge in [0.05, 0.1) is 6.42 Å². The molecule has 7 nitrogen and oxygen atoms in total. The van der Waals surface area contributed by atoms with Crippen molar-refractivity contribution in [2.75, 3.05) is 19.8 Å². The Hall–Kier alpha value is -1.18. The standard InChI is InChI=1S/C9H18N2O5/c10-7(9(15)16)3-8(14)11-2-1-6(4-12)5-13/h6-7,12-13H,1-5,10H2,(H,11,14)(H,15,16). The summed E-state index contributed by atoms with van der Waals surface area (Å²) in [6.45, 7) is -0.0288. The molecule has 0 aromatic carbocycles. The fourth-order valence-corrected chi connectivity index (χ4v) is 1.02. The van der Waals surface area contributed by atoms with Crippen LogP contribution in [0, 0.1) is 5.92 Å². The predicted molar refractivity (Wildman–Crippen MR) is 55.5 cm³/mol. The highest BCUT2D eigenvalue weighted by Crippen LogP contribution is 1.98. The maximum Gasteiger partial charge on any atom is 0.321 e. The van der Waals surface area contributed by atoms with Crippen LogP contribution in [0.4, 0.5) is 0 Å². The van der Waals surface area contributed by atoms with Crippen molar-refractivity contribution in [1.29, 1.82) is 0 Å². The van der Waals surface area contributed by atoms with Crippen LogP contribution in [0.2, 0.25) is 0 Å². The Labute approximate surface area is 93.3 Å². The second-order valence-electron chi connectivity index (χ2n) is 3.52. The third-order valence-corrected chi connectivity index (χ3v) is 2.11. The number of amides is 1. The molecule has 0 aliphatic rings. The van der Waals surface area contributed by atoms with Crippen LogP contribution < -0.4 is 11.1 Å². The molecular weight excluding hydrogens is 216 g/mol. The zero-order valence-corrected chi connectivity index (χ0v) is 8.93. The van der Waals surface area contributed by atoms with Crippen LogP contribution >= 0.6 is 0 Å². The second kappa shape index (κ2) is 8.03. The minimum absolute atomic E-state index is 0.152. The minimum Gasteiger partial charge on any atom is -0.480 e. The van der Waals surface area contributed by atoms with Crippen molar-refractivity contribution in [2.24, 2.45) is 11.7 Å². The van der Waals surface area contributed by atoms with Crippen molar-refractivity contribution in [3.05, 3.63) is 0 Å². The lowest BCUT2D eigenvalue weighted by Crippen LogP contribution is -2.37. The summed E-state index contributed by atoms with van der Waals surface area (Å²) in [5.41, 5.74) is 5.16.